The van der Waals surface area contributed by atoms with Gasteiger partial charge in [-0.15, -0.1) is 0 Å². The molecule has 0 unspecified atom stereocenters. The summed E-state index contributed by atoms with van der Waals surface area (Å²) in [7, 11) is 0. The summed E-state index contributed by atoms with van der Waals surface area (Å²) in [6.45, 7) is 0. The smallest absolute Gasteiger partial charge is 0.234 e. The van der Waals surface area contributed by atoms with Crippen LogP contribution in [0, 0.1) is 11.6 Å². The molecule has 0 aliphatic carbocycles. The molecule has 9 heteroatoms. The normalized spacial score (nSPS) is 11.2. The first-order chi connectivity index (χ1) is 23.1. The molecule has 0 aliphatic heterocycles. The van der Waals surface area contributed by atoms with Gasteiger partial charge in [-0.2, -0.15) is 0 Å². The largest absolute Gasteiger partial charge is 0.457 e. The molecular weight excluding hydrogens is 596 g/mol. The van der Waals surface area contributed by atoms with E-state index >= 15 is 0 Å². The van der Waals surface area contributed by atoms with Crippen LogP contribution in [-0.2, 0) is 0 Å². The van der Waals surface area contributed by atoms with Crippen molar-refractivity contribution in [3.63, 3.8) is 0 Å². The van der Waals surface area contributed by atoms with Crippen molar-refractivity contribution in [3.8, 4) is 51.5 Å². The number of hydrogen-bond donors (Lipinski definition) is 0. The summed E-state index contributed by atoms with van der Waals surface area (Å²) in [5, 5.41) is 1.84. The number of benzene rings is 4. The van der Waals surface area contributed by atoms with Crippen LogP contribution in [0.3, 0.4) is 0 Å². The van der Waals surface area contributed by atoms with Crippen LogP contribution >= 0.6 is 0 Å². The molecule has 4 aromatic heterocycles. The lowest BCUT2D eigenvalue weighted by molar-refractivity contribution is 0.477. The summed E-state index contributed by atoms with van der Waals surface area (Å²) in [6, 6.07) is 33.0. The molecule has 0 saturated heterocycles. The molecule has 0 N–H and O–H groups in total. The molecule has 8 rings (SSSR count). The van der Waals surface area contributed by atoms with Crippen molar-refractivity contribution in [1.82, 2.24) is 24.5 Å². The Balaban J connectivity index is 1.20. The van der Waals surface area contributed by atoms with Gasteiger partial charge in [0.1, 0.15) is 34.6 Å². The minimum atomic E-state index is -0.436. The van der Waals surface area contributed by atoms with Gasteiger partial charge in [0.2, 0.25) is 5.95 Å². The van der Waals surface area contributed by atoms with Crippen molar-refractivity contribution in [3.05, 3.63) is 152 Å². The molecule has 0 atom stereocenters. The van der Waals surface area contributed by atoms with Crippen LogP contribution in [0.4, 0.5) is 8.78 Å². The van der Waals surface area contributed by atoms with Crippen LogP contribution in [0.15, 0.2) is 140 Å². The molecule has 4 heterocycles. The van der Waals surface area contributed by atoms with E-state index in [9.17, 15) is 8.78 Å². The third kappa shape index (κ3) is 5.62. The molecule has 0 aliphatic rings. The SMILES string of the molecule is Fc1cc(Oc2ccc3c4ccc(Oc5cc(F)cc(-c6ccccn6)c5)cc4n(-c4ncccn4)c3c2)cc(-c2ccccn2)c1. The minimum absolute atomic E-state index is 0.333. The second-order valence-electron chi connectivity index (χ2n) is 10.7. The molecule has 7 nitrogen and oxygen atoms in total. The number of nitrogens with zero attached hydrogens (tertiary/aromatic N) is 5. The molecule has 0 bridgehead atoms. The standard InChI is InChI=1S/C38H23F2N5O2/c39-26-16-24(34-6-1-3-12-41-34)18-30(20-26)46-28-8-10-32-33-11-9-29(23-37(33)45(36(32)22-28)38-43-14-5-15-44-38)47-31-19-25(17-27(40)21-31)35-7-2-4-13-42-35/h1-23H. The first kappa shape index (κ1) is 28.0. The van der Waals surface area contributed by atoms with Crippen LogP contribution in [0.5, 0.6) is 23.0 Å². The third-order valence-electron chi connectivity index (χ3n) is 7.60. The van der Waals surface area contributed by atoms with Gasteiger partial charge in [0.25, 0.3) is 0 Å². The molecule has 226 valence electrons. The number of rotatable bonds is 7. The molecule has 0 fully saturated rings. The van der Waals surface area contributed by atoms with Gasteiger partial charge in [0.05, 0.1) is 22.4 Å². The summed E-state index contributed by atoms with van der Waals surface area (Å²) in [5.41, 5.74) is 4.02. The molecule has 47 heavy (non-hydrogen) atoms. The summed E-state index contributed by atoms with van der Waals surface area (Å²) < 4.78 is 43.6. The zero-order valence-electron chi connectivity index (χ0n) is 24.6. The maximum absolute atomic E-state index is 14.7. The maximum Gasteiger partial charge on any atom is 0.234 e. The number of ether oxygens (including phenoxy) is 2. The Morgan fingerprint density at radius 3 is 1.40 bits per heavy atom. The number of aromatic nitrogens is 5. The first-order valence-electron chi connectivity index (χ1n) is 14.7. The fourth-order valence-electron chi connectivity index (χ4n) is 5.61. The summed E-state index contributed by atoms with van der Waals surface area (Å²) in [5.74, 6) is 1.22. The number of pyridine rings is 2. The van der Waals surface area contributed by atoms with Crippen LogP contribution in [-0.4, -0.2) is 24.5 Å². The highest BCUT2D eigenvalue weighted by Crippen LogP contribution is 2.38. The van der Waals surface area contributed by atoms with Gasteiger partial charge in [0, 0.05) is 71.0 Å². The molecule has 8 aromatic rings. The topological polar surface area (TPSA) is 75.0 Å². The zero-order chi connectivity index (χ0) is 31.7. The average Bonchev–Trinajstić information content (AvgIpc) is 3.41. The van der Waals surface area contributed by atoms with E-state index in [1.54, 1.807) is 55.1 Å². The van der Waals surface area contributed by atoms with Crippen LogP contribution in [0.1, 0.15) is 0 Å². The Kier molecular flexibility index (Phi) is 7.03. The Morgan fingerprint density at radius 1 is 0.447 bits per heavy atom. The van der Waals surface area contributed by atoms with Gasteiger partial charge < -0.3 is 9.47 Å². The van der Waals surface area contributed by atoms with Crippen molar-refractivity contribution in [2.24, 2.45) is 0 Å². The summed E-state index contributed by atoms with van der Waals surface area (Å²) >= 11 is 0. The molecule has 0 amide bonds. The van der Waals surface area contributed by atoms with E-state index < -0.39 is 11.6 Å². The first-order valence-corrected chi connectivity index (χ1v) is 14.7. The van der Waals surface area contributed by atoms with Gasteiger partial charge >= 0.3 is 0 Å². The predicted octanol–water partition coefficient (Wildman–Crippen LogP) is 9.56. The number of fused-ring (bicyclic) bond motifs is 3. The van der Waals surface area contributed by atoms with E-state index in [2.05, 4.69) is 19.9 Å². The highest BCUT2D eigenvalue weighted by molar-refractivity contribution is 6.09. The van der Waals surface area contributed by atoms with Gasteiger partial charge in [-0.05, 0) is 78.9 Å². The zero-order valence-corrected chi connectivity index (χ0v) is 24.6. The van der Waals surface area contributed by atoms with Crippen LogP contribution in [0.25, 0.3) is 50.3 Å². The maximum atomic E-state index is 14.7. The highest BCUT2D eigenvalue weighted by Gasteiger charge is 2.17. The van der Waals surface area contributed by atoms with Crippen LogP contribution < -0.4 is 9.47 Å². The van der Waals surface area contributed by atoms with E-state index in [1.165, 1.54) is 24.3 Å². The van der Waals surface area contributed by atoms with Crippen molar-refractivity contribution in [1.29, 1.82) is 0 Å². The van der Waals surface area contributed by atoms with E-state index in [4.69, 9.17) is 9.47 Å². The Morgan fingerprint density at radius 2 is 0.936 bits per heavy atom. The van der Waals surface area contributed by atoms with Crippen molar-refractivity contribution < 1.29 is 18.3 Å². The van der Waals surface area contributed by atoms with Crippen molar-refractivity contribution >= 4 is 21.8 Å². The lowest BCUT2D eigenvalue weighted by Gasteiger charge is -2.10. The third-order valence-corrected chi connectivity index (χ3v) is 7.60. The van der Waals surface area contributed by atoms with E-state index in [0.29, 0.717) is 51.5 Å². The second kappa shape index (κ2) is 11.8. The van der Waals surface area contributed by atoms with Gasteiger partial charge in [0.15, 0.2) is 0 Å². The van der Waals surface area contributed by atoms with Crippen molar-refractivity contribution in [2.45, 2.75) is 0 Å². The van der Waals surface area contributed by atoms with E-state index in [1.807, 2.05) is 65.2 Å². The molecule has 0 saturated carbocycles. The van der Waals surface area contributed by atoms with E-state index in [-0.39, 0.29) is 0 Å². The quantitative estimate of drug-likeness (QED) is 0.177. The fourth-order valence-corrected chi connectivity index (χ4v) is 5.61. The molecule has 0 spiro atoms. The summed E-state index contributed by atoms with van der Waals surface area (Å²) in [6.07, 6.45) is 6.65. The fraction of sp³-hybridized carbons (Fsp3) is 0. The Hall–Kier alpha value is -6.48. The second-order valence-corrected chi connectivity index (χ2v) is 10.7. The predicted molar refractivity (Wildman–Crippen MR) is 176 cm³/mol. The Labute approximate surface area is 267 Å². The number of halogens is 2. The average molecular weight is 620 g/mol. The monoisotopic (exact) mass is 619 g/mol. The number of hydrogen-bond acceptors (Lipinski definition) is 6. The lowest BCUT2D eigenvalue weighted by atomic mass is 10.1. The minimum Gasteiger partial charge on any atom is -0.457 e. The molecular formula is C38H23F2N5O2. The van der Waals surface area contributed by atoms with Gasteiger partial charge in [-0.3, -0.25) is 14.5 Å². The van der Waals surface area contributed by atoms with Gasteiger partial charge in [-0.25, -0.2) is 18.7 Å². The van der Waals surface area contributed by atoms with Crippen molar-refractivity contribution in [2.75, 3.05) is 0 Å². The van der Waals surface area contributed by atoms with Gasteiger partial charge in [-0.1, -0.05) is 12.1 Å². The molecule has 0 radical (unpaired) electrons. The summed E-state index contributed by atoms with van der Waals surface area (Å²) in [4.78, 5) is 17.7. The highest BCUT2D eigenvalue weighted by atomic mass is 19.1. The van der Waals surface area contributed by atoms with Crippen LogP contribution in [0.2, 0.25) is 0 Å². The lowest BCUT2D eigenvalue weighted by Crippen LogP contribution is -2.00. The molecule has 4 aromatic carbocycles. The Bertz CT molecular complexity index is 2240. The van der Waals surface area contributed by atoms with E-state index in [0.717, 1.165) is 21.8 Å².